The molecule has 0 saturated carbocycles. The number of hydrogen-bond acceptors (Lipinski definition) is 8. The van der Waals surface area contributed by atoms with Crippen LogP contribution in [-0.2, 0) is 29.1 Å². The van der Waals surface area contributed by atoms with Crippen LogP contribution in [0.15, 0.2) is 97.1 Å². The van der Waals surface area contributed by atoms with Crippen molar-refractivity contribution in [2.45, 2.75) is 31.7 Å². The van der Waals surface area contributed by atoms with Crippen LogP contribution in [-0.4, -0.2) is 108 Å². The van der Waals surface area contributed by atoms with E-state index in [0.29, 0.717) is 18.8 Å². The number of piperazine rings is 1. The first-order valence-electron chi connectivity index (χ1n) is 17.2. The minimum atomic E-state index is -0.886. The number of nitriles is 1. The van der Waals surface area contributed by atoms with Gasteiger partial charge in [-0.2, -0.15) is 10.3 Å². The Balaban J connectivity index is 1.26. The zero-order chi connectivity index (χ0) is 36.6. The van der Waals surface area contributed by atoms with E-state index >= 15 is 0 Å². The monoisotopic (exact) mass is 702 g/mol. The molecule has 0 bridgehead atoms. The molecule has 6 rings (SSSR count). The van der Waals surface area contributed by atoms with E-state index in [-0.39, 0.29) is 51.0 Å². The lowest BCUT2D eigenvalue weighted by Gasteiger charge is -2.46. The van der Waals surface area contributed by atoms with Crippen molar-refractivity contribution < 1.29 is 23.9 Å². The summed E-state index contributed by atoms with van der Waals surface area (Å²) < 4.78 is 5.42. The fourth-order valence-corrected chi connectivity index (χ4v) is 6.68. The number of fused-ring (bicyclic) bond motifs is 2. The molecule has 2 fully saturated rings. The maximum absolute atomic E-state index is 14.4. The SMILES string of the molecule is CN(C)CCNC(=O)Oc1ccc(C[C@H]2C(=O)N(Cc3cccc4ccccc34)C[C@H]3N2C(=O)CN3N(CC#N)C(=O)NCc2ccccc2)cc1. The summed E-state index contributed by atoms with van der Waals surface area (Å²) in [4.78, 5) is 59.3. The molecule has 2 saturated heterocycles. The number of nitrogens with zero attached hydrogens (tertiary/aromatic N) is 6. The summed E-state index contributed by atoms with van der Waals surface area (Å²) in [5, 5.41) is 20.3. The molecule has 0 aromatic heterocycles. The average molecular weight is 703 g/mol. The molecule has 0 aliphatic carbocycles. The first kappa shape index (κ1) is 35.8. The molecule has 0 unspecified atom stereocenters. The van der Waals surface area contributed by atoms with Gasteiger partial charge in [0.15, 0.2) is 0 Å². The number of nitrogens with one attached hydrogen (secondary N) is 2. The average Bonchev–Trinajstić information content (AvgIpc) is 3.47. The Kier molecular flexibility index (Phi) is 11.3. The molecule has 13 nitrogen and oxygen atoms in total. The van der Waals surface area contributed by atoms with Crippen LogP contribution >= 0.6 is 0 Å². The Hall–Kier alpha value is -5.97. The summed E-state index contributed by atoms with van der Waals surface area (Å²) in [7, 11) is 3.82. The highest BCUT2D eigenvalue weighted by Crippen LogP contribution is 2.31. The van der Waals surface area contributed by atoms with Crippen molar-refractivity contribution in [3.8, 4) is 11.8 Å². The van der Waals surface area contributed by atoms with E-state index in [1.807, 2.05) is 91.8 Å². The molecular formula is C39H42N8O5. The van der Waals surface area contributed by atoms with Crippen molar-refractivity contribution in [3.05, 3.63) is 114 Å². The van der Waals surface area contributed by atoms with Gasteiger partial charge in [-0.3, -0.25) is 9.59 Å². The summed E-state index contributed by atoms with van der Waals surface area (Å²) in [5.74, 6) is -0.199. The van der Waals surface area contributed by atoms with Crippen LogP contribution in [0.1, 0.15) is 16.7 Å². The molecule has 2 aliphatic heterocycles. The van der Waals surface area contributed by atoms with Gasteiger partial charge in [0.25, 0.3) is 0 Å². The van der Waals surface area contributed by atoms with Gasteiger partial charge in [-0.15, -0.1) is 0 Å². The normalized spacial score (nSPS) is 17.2. The maximum atomic E-state index is 14.4. The zero-order valence-electron chi connectivity index (χ0n) is 29.3. The summed E-state index contributed by atoms with van der Waals surface area (Å²) in [6, 6.07) is 30.9. The molecule has 4 aromatic carbocycles. The Morgan fingerprint density at radius 1 is 0.904 bits per heavy atom. The second kappa shape index (κ2) is 16.4. The predicted octanol–water partition coefficient (Wildman–Crippen LogP) is 3.56. The number of hydrazine groups is 1. The van der Waals surface area contributed by atoms with Crippen molar-refractivity contribution in [3.63, 3.8) is 0 Å². The van der Waals surface area contributed by atoms with E-state index in [4.69, 9.17) is 4.74 Å². The lowest BCUT2D eigenvalue weighted by Crippen LogP contribution is -2.66. The number of amides is 5. The van der Waals surface area contributed by atoms with Crippen LogP contribution in [0.4, 0.5) is 9.59 Å². The Morgan fingerprint density at radius 2 is 1.63 bits per heavy atom. The highest BCUT2D eigenvalue weighted by molar-refractivity contribution is 5.92. The first-order valence-corrected chi connectivity index (χ1v) is 17.2. The molecule has 0 spiro atoms. The summed E-state index contributed by atoms with van der Waals surface area (Å²) >= 11 is 0. The highest BCUT2D eigenvalue weighted by Gasteiger charge is 2.52. The second-order valence-electron chi connectivity index (χ2n) is 13.1. The second-order valence-corrected chi connectivity index (χ2v) is 13.1. The maximum Gasteiger partial charge on any atom is 0.412 e. The minimum Gasteiger partial charge on any atom is -0.410 e. The molecule has 2 N–H and O–H groups in total. The van der Waals surface area contributed by atoms with E-state index in [1.165, 1.54) is 5.01 Å². The van der Waals surface area contributed by atoms with Gasteiger partial charge in [0.1, 0.15) is 24.5 Å². The third-order valence-corrected chi connectivity index (χ3v) is 9.25. The topological polar surface area (TPSA) is 142 Å². The Bertz CT molecular complexity index is 1940. The van der Waals surface area contributed by atoms with Gasteiger partial charge in [-0.1, -0.05) is 84.9 Å². The Labute approximate surface area is 302 Å². The van der Waals surface area contributed by atoms with E-state index in [0.717, 1.165) is 27.5 Å². The molecule has 2 heterocycles. The van der Waals surface area contributed by atoms with Crippen LogP contribution in [0.25, 0.3) is 10.8 Å². The quantitative estimate of drug-likeness (QED) is 0.214. The molecule has 268 valence electrons. The number of benzene rings is 4. The molecule has 4 aromatic rings. The van der Waals surface area contributed by atoms with Crippen LogP contribution in [0, 0.1) is 11.3 Å². The van der Waals surface area contributed by atoms with E-state index < -0.39 is 24.3 Å². The van der Waals surface area contributed by atoms with E-state index in [9.17, 15) is 24.4 Å². The van der Waals surface area contributed by atoms with Crippen LogP contribution in [0.2, 0.25) is 0 Å². The molecule has 52 heavy (non-hydrogen) atoms. The van der Waals surface area contributed by atoms with Gasteiger partial charge in [0.05, 0.1) is 19.2 Å². The smallest absolute Gasteiger partial charge is 0.410 e. The van der Waals surface area contributed by atoms with Gasteiger partial charge in [-0.05, 0) is 53.7 Å². The molecule has 0 radical (unpaired) electrons. The van der Waals surface area contributed by atoms with Crippen molar-refractivity contribution in [1.29, 1.82) is 5.26 Å². The number of likely N-dealkylation sites (N-methyl/N-ethyl adjacent to an activating group) is 1. The predicted molar refractivity (Wildman–Crippen MR) is 194 cm³/mol. The van der Waals surface area contributed by atoms with Gasteiger partial charge >= 0.3 is 12.1 Å². The van der Waals surface area contributed by atoms with Crippen molar-refractivity contribution in [1.82, 2.24) is 35.4 Å². The largest absolute Gasteiger partial charge is 0.412 e. The van der Waals surface area contributed by atoms with Crippen molar-refractivity contribution in [2.24, 2.45) is 0 Å². The van der Waals surface area contributed by atoms with Crippen LogP contribution in [0.3, 0.4) is 0 Å². The third-order valence-electron chi connectivity index (χ3n) is 9.25. The molecule has 2 atom stereocenters. The molecule has 5 amide bonds. The van der Waals surface area contributed by atoms with E-state index in [1.54, 1.807) is 39.1 Å². The van der Waals surface area contributed by atoms with Gasteiger partial charge in [0, 0.05) is 32.6 Å². The number of carbonyl (C=O) groups is 4. The van der Waals surface area contributed by atoms with Crippen molar-refractivity contribution in [2.75, 3.05) is 46.8 Å². The van der Waals surface area contributed by atoms with Gasteiger partial charge < -0.3 is 30.1 Å². The molecular weight excluding hydrogens is 660 g/mol. The van der Waals surface area contributed by atoms with Gasteiger partial charge in [0.2, 0.25) is 11.8 Å². The fourth-order valence-electron chi connectivity index (χ4n) is 6.68. The lowest BCUT2D eigenvalue weighted by atomic mass is 9.99. The zero-order valence-corrected chi connectivity index (χ0v) is 29.3. The fraction of sp³-hybridized carbons (Fsp3) is 0.308. The Morgan fingerprint density at radius 3 is 2.38 bits per heavy atom. The van der Waals surface area contributed by atoms with Crippen molar-refractivity contribution >= 4 is 34.7 Å². The van der Waals surface area contributed by atoms with Gasteiger partial charge in [-0.25, -0.2) is 14.6 Å². The highest BCUT2D eigenvalue weighted by atomic mass is 16.6. The molecule has 13 heteroatoms. The first-order chi connectivity index (χ1) is 25.2. The number of urea groups is 1. The number of rotatable bonds is 12. The standard InChI is InChI=1S/C39H42N8O5/c1-43(2)22-20-41-39(51)52-32-17-15-28(16-18-32)23-34-37(49)44(25-31-13-8-12-30-11-6-7-14-33(30)31)26-35-46(27-36(48)47(34)35)45(21-19-40)38(50)42-24-29-9-4-3-5-10-29/h3-18,34-35H,20-27H2,1-2H3,(H,41,51)(H,42,50)/t34-,35+/m0/s1. The lowest BCUT2D eigenvalue weighted by molar-refractivity contribution is -0.157. The summed E-state index contributed by atoms with van der Waals surface area (Å²) in [5.41, 5.74) is 2.59. The van der Waals surface area contributed by atoms with Crippen LogP contribution < -0.4 is 15.4 Å². The number of ether oxygens (including phenoxy) is 1. The molecule has 2 aliphatic rings. The summed E-state index contributed by atoms with van der Waals surface area (Å²) in [6.07, 6.45) is -1.08. The number of hydrogen-bond donors (Lipinski definition) is 2. The third kappa shape index (κ3) is 8.31. The minimum absolute atomic E-state index is 0.133. The van der Waals surface area contributed by atoms with Crippen LogP contribution in [0.5, 0.6) is 5.75 Å². The van der Waals surface area contributed by atoms with E-state index in [2.05, 4.69) is 16.7 Å². The summed E-state index contributed by atoms with van der Waals surface area (Å²) in [6.45, 7) is 1.30. The number of carbonyl (C=O) groups excluding carboxylic acids is 4.